The Kier molecular flexibility index (Phi) is 4.85. The van der Waals surface area contributed by atoms with E-state index in [0.717, 1.165) is 0 Å². The van der Waals surface area contributed by atoms with Crippen LogP contribution in [0.3, 0.4) is 0 Å². The van der Waals surface area contributed by atoms with E-state index in [0.29, 0.717) is 24.4 Å². The first kappa shape index (κ1) is 13.1. The number of sulfonamides is 1. The molecule has 0 heterocycles. The van der Waals surface area contributed by atoms with Gasteiger partial charge < -0.3 is 5.73 Å². The fourth-order valence-corrected chi connectivity index (χ4v) is 2.39. The van der Waals surface area contributed by atoms with E-state index in [2.05, 4.69) is 4.72 Å². The lowest BCUT2D eigenvalue weighted by Crippen LogP contribution is -2.25. The SMILES string of the molecule is NC(=S)CCCNS(=O)(=O)c1ccccc1. The van der Waals surface area contributed by atoms with Gasteiger partial charge in [0.15, 0.2) is 0 Å². The summed E-state index contributed by atoms with van der Waals surface area (Å²) in [6, 6.07) is 8.24. The Bertz CT molecular complexity index is 443. The van der Waals surface area contributed by atoms with E-state index in [1.54, 1.807) is 30.3 Å². The van der Waals surface area contributed by atoms with Crippen molar-refractivity contribution in [1.29, 1.82) is 0 Å². The zero-order valence-electron chi connectivity index (χ0n) is 8.72. The van der Waals surface area contributed by atoms with Crippen LogP contribution in [0.25, 0.3) is 0 Å². The average Bonchev–Trinajstić information content (AvgIpc) is 2.26. The molecule has 6 heteroatoms. The number of hydrogen-bond acceptors (Lipinski definition) is 3. The molecule has 0 radical (unpaired) electrons. The molecule has 0 saturated heterocycles. The first-order valence-electron chi connectivity index (χ1n) is 4.85. The lowest BCUT2D eigenvalue weighted by molar-refractivity contribution is 0.580. The number of rotatable bonds is 6. The van der Waals surface area contributed by atoms with E-state index in [1.807, 2.05) is 0 Å². The fraction of sp³-hybridized carbons (Fsp3) is 0.300. The summed E-state index contributed by atoms with van der Waals surface area (Å²) in [5.41, 5.74) is 5.31. The van der Waals surface area contributed by atoms with E-state index < -0.39 is 10.0 Å². The molecule has 0 aromatic heterocycles. The van der Waals surface area contributed by atoms with Crippen molar-refractivity contribution in [1.82, 2.24) is 4.72 Å². The molecular formula is C10H14N2O2S2. The summed E-state index contributed by atoms with van der Waals surface area (Å²) in [6.07, 6.45) is 1.16. The van der Waals surface area contributed by atoms with Crippen molar-refractivity contribution in [3.63, 3.8) is 0 Å². The van der Waals surface area contributed by atoms with Gasteiger partial charge in [-0.3, -0.25) is 0 Å². The topological polar surface area (TPSA) is 72.2 Å². The molecule has 0 spiro atoms. The number of benzene rings is 1. The third kappa shape index (κ3) is 4.26. The van der Waals surface area contributed by atoms with Crippen molar-refractivity contribution < 1.29 is 8.42 Å². The summed E-state index contributed by atoms with van der Waals surface area (Å²) in [6.45, 7) is 0.342. The van der Waals surface area contributed by atoms with Crippen LogP contribution in [0.15, 0.2) is 35.2 Å². The van der Waals surface area contributed by atoms with E-state index in [-0.39, 0.29) is 4.90 Å². The molecule has 0 aliphatic carbocycles. The van der Waals surface area contributed by atoms with Crippen LogP contribution in [0.5, 0.6) is 0 Å². The molecule has 1 aromatic rings. The first-order valence-corrected chi connectivity index (χ1v) is 6.74. The zero-order chi connectivity index (χ0) is 12.0. The minimum atomic E-state index is -3.39. The number of hydrogen-bond donors (Lipinski definition) is 2. The van der Waals surface area contributed by atoms with Gasteiger partial charge >= 0.3 is 0 Å². The highest BCUT2D eigenvalue weighted by molar-refractivity contribution is 7.89. The third-order valence-corrected chi connectivity index (χ3v) is 3.63. The highest BCUT2D eigenvalue weighted by atomic mass is 32.2. The predicted octanol–water partition coefficient (Wildman–Crippen LogP) is 1.03. The highest BCUT2D eigenvalue weighted by Crippen LogP contribution is 2.06. The Hall–Kier alpha value is -0.980. The molecule has 16 heavy (non-hydrogen) atoms. The largest absolute Gasteiger partial charge is 0.393 e. The summed E-state index contributed by atoms with van der Waals surface area (Å²) in [5.74, 6) is 0. The van der Waals surface area contributed by atoms with Crippen LogP contribution in [0, 0.1) is 0 Å². The quantitative estimate of drug-likeness (QED) is 0.590. The normalized spacial score (nSPS) is 11.2. The minimum Gasteiger partial charge on any atom is -0.393 e. The second-order valence-electron chi connectivity index (χ2n) is 3.28. The maximum absolute atomic E-state index is 11.7. The summed E-state index contributed by atoms with van der Waals surface area (Å²) in [5, 5.41) is 0. The maximum atomic E-state index is 11.7. The van der Waals surface area contributed by atoms with Gasteiger partial charge in [-0.15, -0.1) is 0 Å². The molecule has 0 bridgehead atoms. The fourth-order valence-electron chi connectivity index (χ4n) is 1.15. The van der Waals surface area contributed by atoms with Gasteiger partial charge in [-0.25, -0.2) is 13.1 Å². The monoisotopic (exact) mass is 258 g/mol. The molecule has 1 rings (SSSR count). The number of thiocarbonyl (C=S) groups is 1. The van der Waals surface area contributed by atoms with E-state index in [9.17, 15) is 8.42 Å². The minimum absolute atomic E-state index is 0.269. The highest BCUT2D eigenvalue weighted by Gasteiger charge is 2.11. The first-order chi connectivity index (χ1) is 7.52. The molecule has 88 valence electrons. The van der Waals surface area contributed by atoms with Gasteiger partial charge in [0, 0.05) is 6.54 Å². The van der Waals surface area contributed by atoms with E-state index >= 15 is 0 Å². The van der Waals surface area contributed by atoms with Crippen LogP contribution in [0.1, 0.15) is 12.8 Å². The van der Waals surface area contributed by atoms with Crippen molar-refractivity contribution in [2.45, 2.75) is 17.7 Å². The molecule has 0 amide bonds. The van der Waals surface area contributed by atoms with Gasteiger partial charge in [-0.05, 0) is 25.0 Å². The molecule has 0 saturated carbocycles. The second-order valence-corrected chi connectivity index (χ2v) is 5.57. The lowest BCUT2D eigenvalue weighted by atomic mass is 10.3. The van der Waals surface area contributed by atoms with Crippen molar-refractivity contribution in [2.75, 3.05) is 6.54 Å². The summed E-state index contributed by atoms with van der Waals surface area (Å²) < 4.78 is 25.9. The van der Waals surface area contributed by atoms with Gasteiger partial charge in [0.2, 0.25) is 10.0 Å². The average molecular weight is 258 g/mol. The maximum Gasteiger partial charge on any atom is 0.240 e. The Balaban J connectivity index is 2.51. The van der Waals surface area contributed by atoms with E-state index in [4.69, 9.17) is 18.0 Å². The smallest absolute Gasteiger partial charge is 0.240 e. The molecule has 4 nitrogen and oxygen atoms in total. The standard InChI is InChI=1S/C10H14N2O2S2/c11-10(15)7-4-8-12-16(13,14)9-5-2-1-3-6-9/h1-3,5-6,12H,4,7-8H2,(H2,11,15). The third-order valence-electron chi connectivity index (χ3n) is 1.95. The van der Waals surface area contributed by atoms with E-state index in [1.165, 1.54) is 0 Å². The predicted molar refractivity (Wildman–Crippen MR) is 67.6 cm³/mol. The molecule has 0 aliphatic heterocycles. The van der Waals surface area contributed by atoms with Crippen LogP contribution in [0.2, 0.25) is 0 Å². The van der Waals surface area contributed by atoms with Crippen LogP contribution in [0.4, 0.5) is 0 Å². The Morgan fingerprint density at radius 1 is 1.31 bits per heavy atom. The van der Waals surface area contributed by atoms with Gasteiger partial charge in [0.05, 0.1) is 9.88 Å². The van der Waals surface area contributed by atoms with Gasteiger partial charge in [0.1, 0.15) is 0 Å². The molecule has 0 unspecified atom stereocenters. The summed E-state index contributed by atoms with van der Waals surface area (Å²) in [4.78, 5) is 0.671. The Morgan fingerprint density at radius 2 is 1.94 bits per heavy atom. The lowest BCUT2D eigenvalue weighted by Gasteiger charge is -2.05. The van der Waals surface area contributed by atoms with Crippen LogP contribution < -0.4 is 10.5 Å². The van der Waals surface area contributed by atoms with Crippen LogP contribution in [-0.4, -0.2) is 20.0 Å². The molecule has 3 N–H and O–H groups in total. The molecule has 0 aliphatic rings. The van der Waals surface area contributed by atoms with Crippen LogP contribution in [-0.2, 0) is 10.0 Å². The number of nitrogens with one attached hydrogen (secondary N) is 1. The molecule has 0 fully saturated rings. The van der Waals surface area contributed by atoms with Crippen molar-refractivity contribution >= 4 is 27.2 Å². The summed E-state index contributed by atoms with van der Waals surface area (Å²) >= 11 is 4.70. The molecular weight excluding hydrogens is 244 g/mol. The van der Waals surface area contributed by atoms with Gasteiger partial charge in [-0.1, -0.05) is 30.4 Å². The Labute approximate surface area is 101 Å². The number of nitrogens with two attached hydrogens (primary N) is 1. The molecule has 0 atom stereocenters. The molecule has 1 aromatic carbocycles. The van der Waals surface area contributed by atoms with Crippen molar-refractivity contribution in [3.8, 4) is 0 Å². The van der Waals surface area contributed by atoms with Gasteiger partial charge in [-0.2, -0.15) is 0 Å². The van der Waals surface area contributed by atoms with Crippen molar-refractivity contribution in [3.05, 3.63) is 30.3 Å². The van der Waals surface area contributed by atoms with Crippen molar-refractivity contribution in [2.24, 2.45) is 5.73 Å². The van der Waals surface area contributed by atoms with Crippen LogP contribution >= 0.6 is 12.2 Å². The van der Waals surface area contributed by atoms with Gasteiger partial charge in [0.25, 0.3) is 0 Å². The second kappa shape index (κ2) is 5.93. The summed E-state index contributed by atoms with van der Waals surface area (Å²) in [7, 11) is -3.39. The zero-order valence-corrected chi connectivity index (χ0v) is 10.4. The Morgan fingerprint density at radius 3 is 2.50 bits per heavy atom.